The molecule has 9 nitrogen and oxygen atoms in total. The number of aliphatic carboxylic acids is 1. The van der Waals surface area contributed by atoms with Gasteiger partial charge in [-0.3, -0.25) is 10.1 Å². The van der Waals surface area contributed by atoms with Crippen molar-refractivity contribution in [1.82, 2.24) is 9.96 Å². The van der Waals surface area contributed by atoms with E-state index in [-0.39, 0.29) is 0 Å². The van der Waals surface area contributed by atoms with Crippen molar-refractivity contribution < 1.29 is 24.7 Å². The minimum Gasteiger partial charge on any atom is -0.548 e. The van der Waals surface area contributed by atoms with Crippen LogP contribution in [-0.2, 0) is 4.79 Å². The van der Waals surface area contributed by atoms with Gasteiger partial charge in [-0.1, -0.05) is 36.4 Å². The average Bonchev–Trinajstić information content (AvgIpc) is 2.93. The van der Waals surface area contributed by atoms with Crippen LogP contribution < -0.4 is 15.3 Å². The van der Waals surface area contributed by atoms with E-state index >= 15 is 0 Å². The summed E-state index contributed by atoms with van der Waals surface area (Å²) in [5.74, 6) is -1.44. The Morgan fingerprint density at radius 1 is 1.10 bits per heavy atom. The molecule has 0 aliphatic carbocycles. The molecule has 1 aliphatic rings. The lowest BCUT2D eigenvalue weighted by atomic mass is 9.98. The standard InChI is InChI=1S/C21H24N4O5/c1-14(17(26)27)24-20(29)23(16-12-8-5-9-13-16)18(21(24,2)3)25(30)19(28)22-15-10-6-4-7-11-15/h4-14,18,30H,1-3H3,(H,22,28)(H,26,27)/p-1/t14-,18+/m0/s1. The predicted molar refractivity (Wildman–Crippen MR) is 108 cm³/mol. The van der Waals surface area contributed by atoms with Crippen molar-refractivity contribution in [3.05, 3.63) is 60.7 Å². The van der Waals surface area contributed by atoms with Crippen LogP contribution in [-0.4, -0.2) is 50.9 Å². The molecule has 0 spiro atoms. The SMILES string of the molecule is C[C@@H](C(=O)[O-])N1C(=O)N(c2ccccc2)[C@H](N(O)C(=O)Nc2ccccc2)C1(C)C. The number of para-hydroxylation sites is 2. The van der Waals surface area contributed by atoms with Crippen molar-refractivity contribution >= 4 is 29.4 Å². The van der Waals surface area contributed by atoms with Crippen LogP contribution in [0.15, 0.2) is 60.7 Å². The minimum absolute atomic E-state index is 0.403. The first kappa shape index (κ1) is 21.1. The largest absolute Gasteiger partial charge is 0.548 e. The van der Waals surface area contributed by atoms with Gasteiger partial charge in [0.1, 0.15) is 0 Å². The van der Waals surface area contributed by atoms with Crippen molar-refractivity contribution in [1.29, 1.82) is 0 Å². The Morgan fingerprint density at radius 3 is 2.17 bits per heavy atom. The molecule has 2 atom stereocenters. The molecule has 1 fully saturated rings. The smallest absolute Gasteiger partial charge is 0.347 e. The molecule has 0 radical (unpaired) electrons. The van der Waals surface area contributed by atoms with Gasteiger partial charge in [-0.2, -0.15) is 5.06 Å². The van der Waals surface area contributed by atoms with Gasteiger partial charge in [0.05, 0.1) is 17.6 Å². The van der Waals surface area contributed by atoms with E-state index in [2.05, 4.69) is 5.32 Å². The number of hydroxylamine groups is 2. The normalized spacial score (nSPS) is 18.8. The van der Waals surface area contributed by atoms with Crippen LogP contribution >= 0.6 is 0 Å². The van der Waals surface area contributed by atoms with E-state index in [0.717, 1.165) is 4.90 Å². The molecule has 4 amide bonds. The zero-order valence-corrected chi connectivity index (χ0v) is 16.9. The summed E-state index contributed by atoms with van der Waals surface area (Å²) in [4.78, 5) is 39.8. The van der Waals surface area contributed by atoms with Gasteiger partial charge < -0.3 is 20.1 Å². The van der Waals surface area contributed by atoms with Crippen molar-refractivity contribution in [2.75, 3.05) is 10.2 Å². The number of carbonyl (C=O) groups is 3. The van der Waals surface area contributed by atoms with Crippen LogP contribution in [0.1, 0.15) is 20.8 Å². The molecule has 1 heterocycles. The van der Waals surface area contributed by atoms with E-state index in [4.69, 9.17) is 0 Å². The van der Waals surface area contributed by atoms with Gasteiger partial charge in [0.2, 0.25) is 0 Å². The Labute approximate surface area is 174 Å². The molecule has 158 valence electrons. The van der Waals surface area contributed by atoms with Gasteiger partial charge in [0, 0.05) is 11.4 Å². The highest BCUT2D eigenvalue weighted by molar-refractivity contribution is 5.99. The predicted octanol–water partition coefficient (Wildman–Crippen LogP) is 2.09. The molecule has 2 N–H and O–H groups in total. The van der Waals surface area contributed by atoms with Crippen LogP contribution in [0.3, 0.4) is 0 Å². The fourth-order valence-corrected chi connectivity index (χ4v) is 3.74. The Balaban J connectivity index is 2.02. The Bertz CT molecular complexity index is 935. The van der Waals surface area contributed by atoms with Crippen LogP contribution in [0.2, 0.25) is 0 Å². The summed E-state index contributed by atoms with van der Waals surface area (Å²) >= 11 is 0. The number of benzene rings is 2. The van der Waals surface area contributed by atoms with Gasteiger partial charge in [-0.05, 0) is 45.0 Å². The summed E-state index contributed by atoms with van der Waals surface area (Å²) < 4.78 is 0. The highest BCUT2D eigenvalue weighted by Crippen LogP contribution is 2.39. The summed E-state index contributed by atoms with van der Waals surface area (Å²) in [6, 6.07) is 14.1. The third-order valence-corrected chi connectivity index (χ3v) is 5.14. The summed E-state index contributed by atoms with van der Waals surface area (Å²) in [6.45, 7) is 4.49. The molecule has 0 bridgehead atoms. The molecule has 0 saturated carbocycles. The number of nitrogens with zero attached hydrogens (tertiary/aromatic N) is 3. The number of carboxylic acids is 1. The second kappa shape index (κ2) is 8.03. The van der Waals surface area contributed by atoms with Crippen molar-refractivity contribution in [2.24, 2.45) is 0 Å². The Kier molecular flexibility index (Phi) is 5.66. The van der Waals surface area contributed by atoms with Crippen molar-refractivity contribution in [3.63, 3.8) is 0 Å². The molecule has 1 saturated heterocycles. The number of anilines is 2. The first-order chi connectivity index (χ1) is 14.2. The molecule has 30 heavy (non-hydrogen) atoms. The number of carboxylic acid groups (broad SMARTS) is 1. The molecule has 2 aromatic rings. The number of hydrogen-bond donors (Lipinski definition) is 2. The summed E-state index contributed by atoms with van der Waals surface area (Å²) in [6.07, 6.45) is -1.21. The average molecular weight is 411 g/mol. The quantitative estimate of drug-likeness (QED) is 0.577. The summed E-state index contributed by atoms with van der Waals surface area (Å²) in [7, 11) is 0. The van der Waals surface area contributed by atoms with Gasteiger partial charge in [0.25, 0.3) is 0 Å². The topological polar surface area (TPSA) is 116 Å². The molecule has 0 aromatic heterocycles. The zero-order valence-electron chi connectivity index (χ0n) is 16.9. The van der Waals surface area contributed by atoms with Crippen LogP contribution in [0.25, 0.3) is 0 Å². The van der Waals surface area contributed by atoms with Crippen LogP contribution in [0.5, 0.6) is 0 Å². The highest BCUT2D eigenvalue weighted by Gasteiger charge is 2.57. The minimum atomic E-state index is -1.44. The Morgan fingerprint density at radius 2 is 1.63 bits per heavy atom. The second-order valence-corrected chi connectivity index (χ2v) is 7.52. The van der Waals surface area contributed by atoms with E-state index < -0.39 is 35.8 Å². The molecule has 1 aliphatic heterocycles. The number of hydrogen-bond acceptors (Lipinski definition) is 5. The number of carbonyl (C=O) groups excluding carboxylic acids is 3. The first-order valence-electron chi connectivity index (χ1n) is 9.39. The number of rotatable bonds is 5. The molecular weight excluding hydrogens is 388 g/mol. The Hall–Kier alpha value is -3.59. The van der Waals surface area contributed by atoms with E-state index in [1.54, 1.807) is 74.5 Å². The molecular formula is C21H23N4O5-. The zero-order chi connectivity index (χ0) is 22.1. The molecule has 3 rings (SSSR count). The van der Waals surface area contributed by atoms with Crippen molar-refractivity contribution in [2.45, 2.75) is 38.5 Å². The van der Waals surface area contributed by atoms with E-state index in [9.17, 15) is 24.7 Å². The van der Waals surface area contributed by atoms with Gasteiger partial charge in [0.15, 0.2) is 6.17 Å². The van der Waals surface area contributed by atoms with Gasteiger partial charge >= 0.3 is 12.1 Å². The molecule has 9 heteroatoms. The maximum atomic E-state index is 13.3. The lowest BCUT2D eigenvalue weighted by Crippen LogP contribution is -2.60. The lowest BCUT2D eigenvalue weighted by Gasteiger charge is -2.40. The summed E-state index contributed by atoms with van der Waals surface area (Å²) in [5.41, 5.74) is -0.412. The van der Waals surface area contributed by atoms with Crippen LogP contribution in [0, 0.1) is 0 Å². The molecule has 0 unspecified atom stereocenters. The number of urea groups is 2. The third kappa shape index (κ3) is 3.67. The monoisotopic (exact) mass is 411 g/mol. The van der Waals surface area contributed by atoms with Crippen LogP contribution in [0.4, 0.5) is 21.0 Å². The lowest BCUT2D eigenvalue weighted by molar-refractivity contribution is -0.311. The molecule has 2 aromatic carbocycles. The van der Waals surface area contributed by atoms with E-state index in [1.165, 1.54) is 11.8 Å². The van der Waals surface area contributed by atoms with Gasteiger partial charge in [-0.25, -0.2) is 9.59 Å². The van der Waals surface area contributed by atoms with E-state index in [0.29, 0.717) is 16.4 Å². The second-order valence-electron chi connectivity index (χ2n) is 7.52. The first-order valence-corrected chi connectivity index (χ1v) is 9.39. The third-order valence-electron chi connectivity index (χ3n) is 5.14. The number of amides is 4. The number of nitrogens with one attached hydrogen (secondary N) is 1. The fourth-order valence-electron chi connectivity index (χ4n) is 3.74. The van der Waals surface area contributed by atoms with E-state index in [1.807, 2.05) is 0 Å². The maximum Gasteiger partial charge on any atom is 0.347 e. The summed E-state index contributed by atoms with van der Waals surface area (Å²) in [5, 5.41) is 25.4. The van der Waals surface area contributed by atoms with Crippen molar-refractivity contribution in [3.8, 4) is 0 Å². The highest BCUT2D eigenvalue weighted by atomic mass is 16.5. The maximum absolute atomic E-state index is 13.3. The van der Waals surface area contributed by atoms with Gasteiger partial charge in [-0.15, -0.1) is 0 Å². The fraction of sp³-hybridized carbons (Fsp3) is 0.286.